The Bertz CT molecular complexity index is 125. The highest BCUT2D eigenvalue weighted by molar-refractivity contribution is 6.44. The monoisotopic (exact) mass is 221 g/mol. The van der Waals surface area contributed by atoms with Crippen molar-refractivity contribution in [3.05, 3.63) is 0 Å². The van der Waals surface area contributed by atoms with Crippen LogP contribution in [0.4, 0.5) is 0 Å². The van der Waals surface area contributed by atoms with Gasteiger partial charge in [-0.15, -0.1) is 0 Å². The van der Waals surface area contributed by atoms with Crippen LogP contribution in [0.5, 0.6) is 0 Å². The molecule has 0 aliphatic heterocycles. The highest BCUT2D eigenvalue weighted by atomic mass is 28.3. The summed E-state index contributed by atoms with van der Waals surface area (Å²) in [5, 5.41) is 9.05. The molecule has 0 fully saturated rings. The molecule has 0 aromatic rings. The molecule has 2 atom stereocenters. The van der Waals surface area contributed by atoms with Crippen molar-refractivity contribution < 1.29 is 14.0 Å². The number of aliphatic hydroxyl groups excluding tert-OH is 1. The molecule has 86 valence electrons. The molecule has 0 heterocycles. The fourth-order valence-corrected chi connectivity index (χ4v) is 2.82. The molecular formula is C9H23NO3Si. The van der Waals surface area contributed by atoms with E-state index in [4.69, 9.17) is 19.7 Å². The smallest absolute Gasteiger partial charge is 0.321 e. The van der Waals surface area contributed by atoms with E-state index in [9.17, 15) is 0 Å². The van der Waals surface area contributed by atoms with Crippen molar-refractivity contribution in [1.82, 2.24) is 0 Å². The maximum absolute atomic E-state index is 9.05. The van der Waals surface area contributed by atoms with Gasteiger partial charge in [-0.25, -0.2) is 0 Å². The van der Waals surface area contributed by atoms with E-state index < -0.39 is 9.28 Å². The molecule has 3 N–H and O–H groups in total. The fraction of sp³-hybridized carbons (Fsp3) is 1.00. The predicted octanol–water partition coefficient (Wildman–Crippen LogP) is 0.380. The molecule has 0 rings (SSSR count). The first-order valence-electron chi connectivity index (χ1n) is 5.32. The van der Waals surface area contributed by atoms with Gasteiger partial charge in [0.05, 0.1) is 6.10 Å². The normalized spacial score (nSPS) is 15.4. The summed E-state index contributed by atoms with van der Waals surface area (Å²) >= 11 is 0. The lowest BCUT2D eigenvalue weighted by molar-refractivity contribution is 0.137. The Balaban J connectivity index is 3.50. The first-order valence-corrected chi connectivity index (χ1v) is 7.08. The lowest BCUT2D eigenvalue weighted by Gasteiger charge is -2.15. The molecule has 4 nitrogen and oxygen atoms in total. The maximum Gasteiger partial charge on any atom is 0.321 e. The van der Waals surface area contributed by atoms with Crippen LogP contribution in [0.1, 0.15) is 26.7 Å². The second kappa shape index (κ2) is 9.61. The third-order valence-corrected chi connectivity index (χ3v) is 4.03. The molecule has 0 aromatic heterocycles. The van der Waals surface area contributed by atoms with Crippen LogP contribution in [0.15, 0.2) is 0 Å². The van der Waals surface area contributed by atoms with Crippen LogP contribution in [0.3, 0.4) is 0 Å². The van der Waals surface area contributed by atoms with Gasteiger partial charge in [0.2, 0.25) is 0 Å². The molecule has 0 radical (unpaired) electrons. The second-order valence-electron chi connectivity index (χ2n) is 3.32. The van der Waals surface area contributed by atoms with Gasteiger partial charge in [-0.2, -0.15) is 0 Å². The van der Waals surface area contributed by atoms with E-state index in [0.717, 1.165) is 12.5 Å². The predicted molar refractivity (Wildman–Crippen MR) is 59.5 cm³/mol. The fourth-order valence-electron chi connectivity index (χ4n) is 1.06. The minimum atomic E-state index is -1.50. The van der Waals surface area contributed by atoms with Gasteiger partial charge in [0, 0.05) is 13.2 Å². The Hall–Kier alpha value is 0.0569. The molecule has 5 heteroatoms. The van der Waals surface area contributed by atoms with E-state index >= 15 is 0 Å². The summed E-state index contributed by atoms with van der Waals surface area (Å²) in [5.74, 6) is 0. The summed E-state index contributed by atoms with van der Waals surface area (Å²) in [5.41, 5.74) is 5.42. The first kappa shape index (κ1) is 14.1. The summed E-state index contributed by atoms with van der Waals surface area (Å²) in [7, 11) is -1.50. The van der Waals surface area contributed by atoms with E-state index in [1.54, 1.807) is 6.92 Å². The van der Waals surface area contributed by atoms with Crippen molar-refractivity contribution in [2.45, 2.75) is 38.8 Å². The Morgan fingerprint density at radius 2 is 2.14 bits per heavy atom. The van der Waals surface area contributed by atoms with Crippen molar-refractivity contribution in [3.8, 4) is 0 Å². The average molecular weight is 221 g/mol. The molecule has 0 aliphatic rings. The minimum Gasteiger partial charge on any atom is -0.397 e. The molecule has 14 heavy (non-hydrogen) atoms. The summed E-state index contributed by atoms with van der Waals surface area (Å²) in [6.07, 6.45) is 1.35. The van der Waals surface area contributed by atoms with Crippen molar-refractivity contribution in [1.29, 1.82) is 0 Å². The van der Waals surface area contributed by atoms with Crippen molar-refractivity contribution in [2.75, 3.05) is 19.8 Å². The van der Waals surface area contributed by atoms with Crippen molar-refractivity contribution in [3.63, 3.8) is 0 Å². The summed E-state index contributed by atoms with van der Waals surface area (Å²) < 4.78 is 11.1. The van der Waals surface area contributed by atoms with Crippen LogP contribution >= 0.6 is 0 Å². The zero-order valence-electron chi connectivity index (χ0n) is 9.24. The Labute approximate surface area is 88.2 Å². The van der Waals surface area contributed by atoms with Crippen LogP contribution in [-0.4, -0.2) is 40.3 Å². The quantitative estimate of drug-likeness (QED) is 0.553. The lowest BCUT2D eigenvalue weighted by Crippen LogP contribution is -2.25. The molecule has 0 saturated carbocycles. The maximum atomic E-state index is 9.05. The molecule has 0 saturated heterocycles. The zero-order chi connectivity index (χ0) is 10.8. The van der Waals surface area contributed by atoms with Crippen LogP contribution in [0.25, 0.3) is 0 Å². The molecule has 0 aliphatic carbocycles. The topological polar surface area (TPSA) is 64.7 Å². The third kappa shape index (κ3) is 8.65. The third-order valence-electron chi connectivity index (χ3n) is 1.84. The van der Waals surface area contributed by atoms with E-state index in [-0.39, 0.29) is 6.10 Å². The van der Waals surface area contributed by atoms with Crippen LogP contribution in [0.2, 0.25) is 6.04 Å². The Kier molecular flexibility index (Phi) is 9.64. The van der Waals surface area contributed by atoms with E-state index in [1.165, 1.54) is 0 Å². The van der Waals surface area contributed by atoms with Crippen molar-refractivity contribution in [2.24, 2.45) is 5.73 Å². The zero-order valence-corrected chi connectivity index (χ0v) is 10.4. The van der Waals surface area contributed by atoms with Gasteiger partial charge in [0.15, 0.2) is 0 Å². The standard InChI is InChI=1S/C9H23NO3Si/c1-3-12-14(8-4-6-10)13-7-5-9(2)11/h9,11,14H,3-8,10H2,1-2H3. The number of nitrogens with two attached hydrogens (primary N) is 1. The van der Waals surface area contributed by atoms with Gasteiger partial charge in [-0.05, 0) is 39.3 Å². The summed E-state index contributed by atoms with van der Waals surface area (Å²) in [6, 6.07) is 0.962. The first-order chi connectivity index (χ1) is 6.70. The van der Waals surface area contributed by atoms with Crippen LogP contribution in [-0.2, 0) is 8.85 Å². The molecule has 2 unspecified atom stereocenters. The molecular weight excluding hydrogens is 198 g/mol. The number of hydrogen-bond donors (Lipinski definition) is 2. The summed E-state index contributed by atoms with van der Waals surface area (Å²) in [6.45, 7) is 5.73. The van der Waals surface area contributed by atoms with Gasteiger partial charge in [-0.3, -0.25) is 0 Å². The largest absolute Gasteiger partial charge is 0.397 e. The van der Waals surface area contributed by atoms with Gasteiger partial charge in [0.1, 0.15) is 0 Å². The minimum absolute atomic E-state index is 0.291. The number of hydrogen-bond acceptors (Lipinski definition) is 4. The van der Waals surface area contributed by atoms with Gasteiger partial charge in [-0.1, -0.05) is 0 Å². The second-order valence-corrected chi connectivity index (χ2v) is 5.43. The molecule has 0 amide bonds. The van der Waals surface area contributed by atoms with Gasteiger partial charge >= 0.3 is 9.28 Å². The van der Waals surface area contributed by atoms with E-state index in [2.05, 4.69) is 0 Å². The summed E-state index contributed by atoms with van der Waals surface area (Å²) in [4.78, 5) is 0. The number of rotatable bonds is 9. The number of aliphatic hydroxyl groups is 1. The molecule has 0 spiro atoms. The van der Waals surface area contributed by atoms with Crippen LogP contribution in [0, 0.1) is 0 Å². The molecule has 0 bridgehead atoms. The van der Waals surface area contributed by atoms with Gasteiger partial charge < -0.3 is 19.7 Å². The molecule has 0 aromatic carbocycles. The average Bonchev–Trinajstić information content (AvgIpc) is 2.13. The Morgan fingerprint density at radius 3 is 2.64 bits per heavy atom. The van der Waals surface area contributed by atoms with Gasteiger partial charge in [0.25, 0.3) is 0 Å². The lowest BCUT2D eigenvalue weighted by atomic mass is 10.3. The van der Waals surface area contributed by atoms with Crippen molar-refractivity contribution >= 4 is 9.28 Å². The Morgan fingerprint density at radius 1 is 1.43 bits per heavy atom. The van der Waals surface area contributed by atoms with E-state index in [1.807, 2.05) is 6.92 Å². The van der Waals surface area contributed by atoms with Crippen LogP contribution < -0.4 is 5.73 Å². The SMILES string of the molecule is CCO[SiH](CCCN)OCCC(C)O. The van der Waals surface area contributed by atoms with E-state index in [0.29, 0.717) is 26.2 Å². The highest BCUT2D eigenvalue weighted by Gasteiger charge is 2.12. The highest BCUT2D eigenvalue weighted by Crippen LogP contribution is 2.02.